The van der Waals surface area contributed by atoms with Crippen molar-refractivity contribution < 1.29 is 0 Å². The molecule has 0 radical (unpaired) electrons. The lowest BCUT2D eigenvalue weighted by molar-refractivity contribution is 0.954. The van der Waals surface area contributed by atoms with Crippen LogP contribution in [0.2, 0.25) is 0 Å². The first kappa shape index (κ1) is 8.45. The lowest BCUT2D eigenvalue weighted by Crippen LogP contribution is -2.06. The average molecular weight is 165 g/mol. The summed E-state index contributed by atoms with van der Waals surface area (Å²) in [6.45, 7) is 1.92. The van der Waals surface area contributed by atoms with Crippen molar-refractivity contribution in [2.45, 2.75) is 13.3 Å². The molecular weight excluding hydrogens is 154 g/mol. The van der Waals surface area contributed by atoms with Crippen molar-refractivity contribution in [1.29, 1.82) is 0 Å². The molecule has 0 aliphatic rings. The zero-order valence-electron chi connectivity index (χ0n) is 6.86. The fourth-order valence-electron chi connectivity index (χ4n) is 0.771. The van der Waals surface area contributed by atoms with Crippen molar-refractivity contribution in [3.63, 3.8) is 0 Å². The number of nitrogens with zero attached hydrogens (tertiary/aromatic N) is 3. The molecule has 1 aromatic rings. The first-order valence-corrected chi connectivity index (χ1v) is 3.59. The highest BCUT2D eigenvalue weighted by molar-refractivity contribution is 5.26. The predicted molar refractivity (Wildman–Crippen MR) is 47.2 cm³/mol. The zero-order valence-corrected chi connectivity index (χ0v) is 6.86. The van der Waals surface area contributed by atoms with E-state index in [4.69, 9.17) is 11.5 Å². The maximum absolute atomic E-state index is 5.36. The van der Waals surface area contributed by atoms with Gasteiger partial charge in [0.2, 0.25) is 11.9 Å². The van der Waals surface area contributed by atoms with E-state index < -0.39 is 0 Å². The topological polar surface area (TPSA) is 90.7 Å². The summed E-state index contributed by atoms with van der Waals surface area (Å²) in [5.41, 5.74) is 10.7. The SMILES string of the molecule is CC=CCc1nc(N)nc(N)n1. The van der Waals surface area contributed by atoms with Gasteiger partial charge >= 0.3 is 0 Å². The van der Waals surface area contributed by atoms with Crippen LogP contribution in [0.25, 0.3) is 0 Å². The van der Waals surface area contributed by atoms with Crippen LogP contribution in [-0.4, -0.2) is 15.0 Å². The van der Waals surface area contributed by atoms with Gasteiger partial charge in [-0.2, -0.15) is 15.0 Å². The minimum absolute atomic E-state index is 0.169. The molecule has 0 bridgehead atoms. The first-order chi connectivity index (χ1) is 5.72. The van der Waals surface area contributed by atoms with Crippen molar-refractivity contribution in [3.05, 3.63) is 18.0 Å². The summed E-state index contributed by atoms with van der Waals surface area (Å²) in [6.07, 6.45) is 4.47. The molecular formula is C7H11N5. The second-order valence-corrected chi connectivity index (χ2v) is 2.24. The number of nitrogens with two attached hydrogens (primary N) is 2. The van der Waals surface area contributed by atoms with Gasteiger partial charge < -0.3 is 11.5 Å². The van der Waals surface area contributed by atoms with Crippen LogP contribution >= 0.6 is 0 Å². The molecule has 0 unspecified atom stereocenters. The van der Waals surface area contributed by atoms with Crippen LogP contribution in [0.1, 0.15) is 12.7 Å². The molecule has 1 aromatic heterocycles. The highest BCUT2D eigenvalue weighted by atomic mass is 15.1. The molecule has 0 aromatic carbocycles. The molecule has 0 spiro atoms. The van der Waals surface area contributed by atoms with Gasteiger partial charge in [0.25, 0.3) is 0 Å². The third-order valence-electron chi connectivity index (χ3n) is 1.25. The fourth-order valence-corrected chi connectivity index (χ4v) is 0.771. The molecule has 5 heteroatoms. The van der Waals surface area contributed by atoms with E-state index in [1.54, 1.807) is 0 Å². The Hall–Kier alpha value is -1.65. The third kappa shape index (κ3) is 2.19. The van der Waals surface area contributed by atoms with Crippen molar-refractivity contribution in [1.82, 2.24) is 15.0 Å². The average Bonchev–Trinajstić information content (AvgIpc) is 1.99. The third-order valence-corrected chi connectivity index (χ3v) is 1.25. The maximum Gasteiger partial charge on any atom is 0.225 e. The zero-order chi connectivity index (χ0) is 8.97. The number of hydrogen-bond acceptors (Lipinski definition) is 5. The monoisotopic (exact) mass is 165 g/mol. The van der Waals surface area contributed by atoms with E-state index in [1.165, 1.54) is 0 Å². The van der Waals surface area contributed by atoms with Gasteiger partial charge in [0.05, 0.1) is 0 Å². The van der Waals surface area contributed by atoms with E-state index in [-0.39, 0.29) is 11.9 Å². The van der Waals surface area contributed by atoms with Gasteiger partial charge in [-0.15, -0.1) is 0 Å². The molecule has 64 valence electrons. The fraction of sp³-hybridized carbons (Fsp3) is 0.286. The standard InChI is InChI=1S/C7H11N5/c1-2-3-4-5-10-6(8)12-7(9)11-5/h2-3H,4H2,1H3,(H4,8,9,10,11,12). The number of anilines is 2. The number of hydrogen-bond donors (Lipinski definition) is 2. The largest absolute Gasteiger partial charge is 0.368 e. The van der Waals surface area contributed by atoms with Crippen LogP contribution in [0.3, 0.4) is 0 Å². The van der Waals surface area contributed by atoms with Crippen LogP contribution < -0.4 is 11.5 Å². The summed E-state index contributed by atoms with van der Waals surface area (Å²) in [5.74, 6) is 0.933. The lowest BCUT2D eigenvalue weighted by Gasteiger charge is -1.97. The minimum atomic E-state index is 0.169. The van der Waals surface area contributed by atoms with Crippen LogP contribution in [0.15, 0.2) is 12.2 Å². The summed E-state index contributed by atoms with van der Waals surface area (Å²) in [5, 5.41) is 0. The van der Waals surface area contributed by atoms with Crippen molar-refractivity contribution in [2.75, 3.05) is 11.5 Å². The molecule has 5 nitrogen and oxygen atoms in total. The molecule has 0 fully saturated rings. The van der Waals surface area contributed by atoms with Gasteiger partial charge in [0, 0.05) is 6.42 Å². The van der Waals surface area contributed by atoms with E-state index in [0.29, 0.717) is 12.2 Å². The molecule has 0 aliphatic carbocycles. The molecule has 0 atom stereocenters. The quantitative estimate of drug-likeness (QED) is 0.609. The van der Waals surface area contributed by atoms with Gasteiger partial charge in [-0.3, -0.25) is 0 Å². The number of rotatable bonds is 2. The van der Waals surface area contributed by atoms with Gasteiger partial charge in [0.15, 0.2) is 0 Å². The summed E-state index contributed by atoms with van der Waals surface area (Å²) < 4.78 is 0. The predicted octanol–water partition coefficient (Wildman–Crippen LogP) is 0.155. The van der Waals surface area contributed by atoms with E-state index in [1.807, 2.05) is 19.1 Å². The second kappa shape index (κ2) is 3.66. The van der Waals surface area contributed by atoms with Gasteiger partial charge in [-0.1, -0.05) is 12.2 Å². The minimum Gasteiger partial charge on any atom is -0.368 e. The van der Waals surface area contributed by atoms with E-state index >= 15 is 0 Å². The van der Waals surface area contributed by atoms with E-state index in [9.17, 15) is 0 Å². The Kier molecular flexibility index (Phi) is 2.57. The van der Waals surface area contributed by atoms with Crippen LogP contribution in [0, 0.1) is 0 Å². The molecule has 0 saturated carbocycles. The Morgan fingerprint density at radius 1 is 1.17 bits per heavy atom. The Morgan fingerprint density at radius 3 is 2.25 bits per heavy atom. The summed E-state index contributed by atoms with van der Waals surface area (Å²) in [4.78, 5) is 11.4. The Balaban J connectivity index is 2.85. The van der Waals surface area contributed by atoms with Gasteiger partial charge in [-0.25, -0.2) is 0 Å². The normalized spacial score (nSPS) is 10.8. The van der Waals surface area contributed by atoms with Crippen molar-refractivity contribution >= 4 is 11.9 Å². The molecule has 0 amide bonds. The molecule has 4 N–H and O–H groups in total. The summed E-state index contributed by atoms with van der Waals surface area (Å²) in [7, 11) is 0. The second-order valence-electron chi connectivity index (χ2n) is 2.24. The molecule has 0 saturated heterocycles. The Bertz CT molecular complexity index is 274. The smallest absolute Gasteiger partial charge is 0.225 e. The molecule has 1 heterocycles. The van der Waals surface area contributed by atoms with Gasteiger partial charge in [0.1, 0.15) is 5.82 Å². The molecule has 1 rings (SSSR count). The van der Waals surface area contributed by atoms with Crippen LogP contribution in [-0.2, 0) is 6.42 Å². The first-order valence-electron chi connectivity index (χ1n) is 3.59. The van der Waals surface area contributed by atoms with Crippen molar-refractivity contribution in [3.8, 4) is 0 Å². The summed E-state index contributed by atoms with van der Waals surface area (Å²) >= 11 is 0. The van der Waals surface area contributed by atoms with Crippen LogP contribution in [0.4, 0.5) is 11.9 Å². The molecule has 0 aliphatic heterocycles. The van der Waals surface area contributed by atoms with Gasteiger partial charge in [-0.05, 0) is 6.92 Å². The summed E-state index contributed by atoms with van der Waals surface area (Å²) in [6, 6.07) is 0. The van der Waals surface area contributed by atoms with E-state index in [0.717, 1.165) is 0 Å². The highest BCUT2D eigenvalue weighted by Crippen LogP contribution is 1.99. The highest BCUT2D eigenvalue weighted by Gasteiger charge is 1.98. The maximum atomic E-state index is 5.36. The number of nitrogen functional groups attached to an aromatic ring is 2. The van der Waals surface area contributed by atoms with E-state index in [2.05, 4.69) is 15.0 Å². The molecule has 12 heavy (non-hydrogen) atoms. The Morgan fingerprint density at radius 2 is 1.75 bits per heavy atom. The number of aromatic nitrogens is 3. The van der Waals surface area contributed by atoms with Crippen LogP contribution in [0.5, 0.6) is 0 Å². The van der Waals surface area contributed by atoms with Crippen molar-refractivity contribution in [2.24, 2.45) is 0 Å². The Labute approximate surface area is 70.5 Å². The number of allylic oxidation sites excluding steroid dienone is 2. The lowest BCUT2D eigenvalue weighted by atomic mass is 10.4.